The molecule has 2 atom stereocenters. The van der Waals surface area contributed by atoms with Crippen molar-refractivity contribution in [2.75, 3.05) is 0 Å². The molecule has 3 N–H and O–H groups in total. The monoisotopic (exact) mass is 311 g/mol. The Morgan fingerprint density at radius 3 is 2.04 bits per heavy atom. The topological polar surface area (TPSA) is 45.7 Å². The van der Waals surface area contributed by atoms with E-state index in [0.717, 1.165) is 0 Å². The highest BCUT2D eigenvalue weighted by atomic mass is 16.2. The van der Waals surface area contributed by atoms with E-state index >= 15 is 0 Å². The Hall–Kier alpha value is -2.13. The van der Waals surface area contributed by atoms with E-state index < -0.39 is 0 Å². The summed E-state index contributed by atoms with van der Waals surface area (Å²) in [4.78, 5) is 12.3. The fraction of sp³-hybridized carbons (Fsp3) is 0.350. The lowest BCUT2D eigenvalue weighted by Gasteiger charge is -2.21. The summed E-state index contributed by atoms with van der Waals surface area (Å²) in [5.41, 5.74) is 3.66. The maximum absolute atomic E-state index is 12.3. The van der Waals surface area contributed by atoms with E-state index in [4.69, 9.17) is 0 Å². The summed E-state index contributed by atoms with van der Waals surface area (Å²) in [7, 11) is 0. The van der Waals surface area contributed by atoms with Crippen molar-refractivity contribution in [3.63, 3.8) is 0 Å². The summed E-state index contributed by atoms with van der Waals surface area (Å²) in [6.07, 6.45) is 0. The molecule has 122 valence electrons. The van der Waals surface area contributed by atoms with Crippen LogP contribution < -0.4 is 10.6 Å². The molecule has 2 rings (SSSR count). The SMILES string of the molecule is Cc1ccc([C@H]([NH2+][C@@H](C)C(=O)NC(C)C)c2ccccc2)cc1. The van der Waals surface area contributed by atoms with Crippen molar-refractivity contribution in [3.8, 4) is 0 Å². The Labute approximate surface area is 139 Å². The molecule has 0 aliphatic carbocycles. The van der Waals surface area contributed by atoms with Gasteiger partial charge in [0, 0.05) is 17.2 Å². The number of quaternary nitrogens is 1. The number of carbonyl (C=O) groups excluding carboxylic acids is 1. The average molecular weight is 311 g/mol. The smallest absolute Gasteiger partial charge is 0.278 e. The zero-order chi connectivity index (χ0) is 16.8. The lowest BCUT2D eigenvalue weighted by molar-refractivity contribution is -0.704. The van der Waals surface area contributed by atoms with Gasteiger partial charge in [0.05, 0.1) is 0 Å². The third-order valence-electron chi connectivity index (χ3n) is 3.92. The van der Waals surface area contributed by atoms with E-state index in [9.17, 15) is 4.79 Å². The number of amides is 1. The number of hydrogen-bond acceptors (Lipinski definition) is 1. The summed E-state index contributed by atoms with van der Waals surface area (Å²) in [6, 6.07) is 19.0. The van der Waals surface area contributed by atoms with E-state index in [2.05, 4.69) is 54.0 Å². The third-order valence-corrected chi connectivity index (χ3v) is 3.92. The lowest BCUT2D eigenvalue weighted by atomic mass is 9.97. The normalized spacial score (nSPS) is 13.6. The van der Waals surface area contributed by atoms with Crippen molar-refractivity contribution in [2.45, 2.75) is 45.8 Å². The van der Waals surface area contributed by atoms with Crippen LogP contribution in [0.4, 0.5) is 0 Å². The Balaban J connectivity index is 2.24. The minimum absolute atomic E-state index is 0.0769. The molecular weight excluding hydrogens is 284 g/mol. The van der Waals surface area contributed by atoms with Crippen molar-refractivity contribution in [2.24, 2.45) is 0 Å². The number of hydrogen-bond donors (Lipinski definition) is 2. The molecule has 0 spiro atoms. The van der Waals surface area contributed by atoms with Crippen LogP contribution in [0.25, 0.3) is 0 Å². The van der Waals surface area contributed by atoms with Crippen LogP contribution in [-0.2, 0) is 4.79 Å². The van der Waals surface area contributed by atoms with Crippen LogP contribution in [0.1, 0.15) is 43.5 Å². The van der Waals surface area contributed by atoms with Gasteiger partial charge in [0.2, 0.25) is 0 Å². The molecule has 0 bridgehead atoms. The number of aryl methyl sites for hydroxylation is 1. The molecular formula is C20H27N2O+. The summed E-state index contributed by atoms with van der Waals surface area (Å²) in [6.45, 7) is 8.02. The maximum Gasteiger partial charge on any atom is 0.278 e. The molecule has 2 aromatic carbocycles. The molecule has 0 heterocycles. The van der Waals surface area contributed by atoms with Crippen LogP contribution in [0.3, 0.4) is 0 Å². The molecule has 1 amide bonds. The predicted octanol–water partition coefficient (Wildman–Crippen LogP) is 2.56. The average Bonchev–Trinajstić information content (AvgIpc) is 2.53. The highest BCUT2D eigenvalue weighted by molar-refractivity contribution is 5.80. The third kappa shape index (κ3) is 4.93. The summed E-state index contributed by atoms with van der Waals surface area (Å²) in [5.74, 6) is 0.0769. The van der Waals surface area contributed by atoms with Crippen LogP contribution in [0.5, 0.6) is 0 Å². The first kappa shape index (κ1) is 17.2. The Bertz CT molecular complexity index is 620. The van der Waals surface area contributed by atoms with Crippen molar-refractivity contribution >= 4 is 5.91 Å². The molecule has 3 heteroatoms. The van der Waals surface area contributed by atoms with Crippen LogP contribution in [0.2, 0.25) is 0 Å². The molecule has 0 aromatic heterocycles. The molecule has 0 aliphatic heterocycles. The summed E-state index contributed by atoms with van der Waals surface area (Å²) < 4.78 is 0. The fourth-order valence-corrected chi connectivity index (χ4v) is 2.64. The Morgan fingerprint density at radius 1 is 0.913 bits per heavy atom. The number of nitrogens with two attached hydrogens (primary N) is 1. The van der Waals surface area contributed by atoms with Gasteiger partial charge in [-0.05, 0) is 27.7 Å². The first-order valence-corrected chi connectivity index (χ1v) is 8.24. The minimum atomic E-state index is -0.149. The van der Waals surface area contributed by atoms with Crippen LogP contribution in [0.15, 0.2) is 54.6 Å². The Morgan fingerprint density at radius 2 is 1.48 bits per heavy atom. The molecule has 3 nitrogen and oxygen atoms in total. The molecule has 0 aliphatic rings. The van der Waals surface area contributed by atoms with E-state index in [1.165, 1.54) is 16.7 Å². The molecule has 23 heavy (non-hydrogen) atoms. The van der Waals surface area contributed by atoms with Crippen molar-refractivity contribution in [1.29, 1.82) is 0 Å². The number of nitrogens with one attached hydrogen (secondary N) is 1. The largest absolute Gasteiger partial charge is 0.349 e. The van der Waals surface area contributed by atoms with Gasteiger partial charge in [0.1, 0.15) is 6.04 Å². The number of rotatable bonds is 6. The lowest BCUT2D eigenvalue weighted by Crippen LogP contribution is -2.92. The minimum Gasteiger partial charge on any atom is -0.349 e. The number of benzene rings is 2. The van der Waals surface area contributed by atoms with Crippen LogP contribution >= 0.6 is 0 Å². The van der Waals surface area contributed by atoms with E-state index in [1.807, 2.05) is 39.0 Å². The second-order valence-corrected chi connectivity index (χ2v) is 6.44. The first-order valence-electron chi connectivity index (χ1n) is 8.24. The summed E-state index contributed by atoms with van der Waals surface area (Å²) in [5, 5.41) is 5.13. The zero-order valence-electron chi connectivity index (χ0n) is 14.4. The second-order valence-electron chi connectivity index (χ2n) is 6.44. The van der Waals surface area contributed by atoms with Crippen LogP contribution in [0, 0.1) is 6.92 Å². The van der Waals surface area contributed by atoms with Crippen molar-refractivity contribution in [3.05, 3.63) is 71.3 Å². The van der Waals surface area contributed by atoms with E-state index in [0.29, 0.717) is 0 Å². The zero-order valence-corrected chi connectivity index (χ0v) is 14.4. The quantitative estimate of drug-likeness (QED) is 0.846. The standard InChI is InChI=1S/C20H26N2O/c1-14(2)21-20(23)16(4)22-19(17-8-6-5-7-9-17)18-12-10-15(3)11-13-18/h5-14,16,19,22H,1-4H3,(H,21,23)/p+1/t16-,19+/m0/s1. The second kappa shape index (κ2) is 7.93. The van der Waals surface area contributed by atoms with Crippen LogP contribution in [-0.4, -0.2) is 18.0 Å². The van der Waals surface area contributed by atoms with Gasteiger partial charge in [-0.3, -0.25) is 4.79 Å². The van der Waals surface area contributed by atoms with Gasteiger partial charge in [-0.2, -0.15) is 0 Å². The summed E-state index contributed by atoms with van der Waals surface area (Å²) >= 11 is 0. The van der Waals surface area contributed by atoms with E-state index in [1.54, 1.807) is 0 Å². The molecule has 0 unspecified atom stereocenters. The molecule has 0 radical (unpaired) electrons. The molecule has 0 fully saturated rings. The predicted molar refractivity (Wildman–Crippen MR) is 94.1 cm³/mol. The van der Waals surface area contributed by atoms with Gasteiger partial charge in [-0.25, -0.2) is 0 Å². The van der Waals surface area contributed by atoms with Crippen molar-refractivity contribution in [1.82, 2.24) is 5.32 Å². The van der Waals surface area contributed by atoms with Gasteiger partial charge in [-0.1, -0.05) is 60.2 Å². The number of carbonyl (C=O) groups is 1. The molecule has 0 saturated carbocycles. The van der Waals surface area contributed by atoms with Gasteiger partial charge in [0.25, 0.3) is 5.91 Å². The van der Waals surface area contributed by atoms with Gasteiger partial charge in [-0.15, -0.1) is 0 Å². The molecule has 0 saturated heterocycles. The highest BCUT2D eigenvalue weighted by Gasteiger charge is 2.24. The van der Waals surface area contributed by atoms with Gasteiger partial charge in [0.15, 0.2) is 6.04 Å². The first-order chi connectivity index (χ1) is 11.0. The van der Waals surface area contributed by atoms with Gasteiger partial charge < -0.3 is 10.6 Å². The maximum atomic E-state index is 12.3. The fourth-order valence-electron chi connectivity index (χ4n) is 2.64. The van der Waals surface area contributed by atoms with Gasteiger partial charge >= 0.3 is 0 Å². The molecule has 2 aromatic rings. The highest BCUT2D eigenvalue weighted by Crippen LogP contribution is 2.18. The Kier molecular flexibility index (Phi) is 5.94. The van der Waals surface area contributed by atoms with E-state index in [-0.39, 0.29) is 24.0 Å². The van der Waals surface area contributed by atoms with Crippen molar-refractivity contribution < 1.29 is 10.1 Å².